The van der Waals surface area contributed by atoms with Gasteiger partial charge in [0.15, 0.2) is 4.47 Å². The molecule has 0 fully saturated rings. The van der Waals surface area contributed by atoms with Crippen LogP contribution < -0.4 is 5.32 Å². The van der Waals surface area contributed by atoms with Crippen molar-refractivity contribution < 1.29 is 0 Å². The van der Waals surface area contributed by atoms with E-state index in [1.807, 2.05) is 6.07 Å². The third-order valence-corrected chi connectivity index (χ3v) is 4.34. The van der Waals surface area contributed by atoms with Crippen molar-refractivity contribution in [3.8, 4) is 6.07 Å². The number of hydrogen-bond acceptors (Lipinski definition) is 4. The van der Waals surface area contributed by atoms with Crippen LogP contribution in [0.2, 0.25) is 4.47 Å². The van der Waals surface area contributed by atoms with Gasteiger partial charge >= 0.3 is 0 Å². The first-order valence-corrected chi connectivity index (χ1v) is 7.61. The predicted octanol–water partition coefficient (Wildman–Crippen LogP) is 4.81. The van der Waals surface area contributed by atoms with Crippen LogP contribution in [0.4, 0.5) is 5.69 Å². The predicted molar refractivity (Wildman–Crippen MR) is 81.0 cm³/mol. The minimum absolute atomic E-state index is 0.516. The summed E-state index contributed by atoms with van der Waals surface area (Å²) >= 11 is 14.0. The first kappa shape index (κ1) is 13.8. The van der Waals surface area contributed by atoms with Gasteiger partial charge in [-0.1, -0.05) is 27.5 Å². The molecule has 3 nitrogen and oxygen atoms in total. The fourth-order valence-corrected chi connectivity index (χ4v) is 3.67. The minimum atomic E-state index is 0.516. The monoisotopic (exact) mass is 405 g/mol. The van der Waals surface area contributed by atoms with Gasteiger partial charge in [0, 0.05) is 20.0 Å². The molecule has 0 amide bonds. The maximum Gasteiger partial charge on any atom is 0.183 e. The molecule has 0 bridgehead atoms. The van der Waals surface area contributed by atoms with E-state index in [1.54, 1.807) is 12.3 Å². The maximum absolute atomic E-state index is 9.11. The zero-order chi connectivity index (χ0) is 13.1. The molecule has 2 aromatic rings. The van der Waals surface area contributed by atoms with Crippen LogP contribution in [-0.2, 0) is 6.54 Å². The van der Waals surface area contributed by atoms with Crippen molar-refractivity contribution in [3.63, 3.8) is 0 Å². The Balaban J connectivity index is 2.21. The summed E-state index contributed by atoms with van der Waals surface area (Å²) in [5.41, 5.74) is 1.34. The molecule has 7 heteroatoms. The highest BCUT2D eigenvalue weighted by Crippen LogP contribution is 2.31. The topological polar surface area (TPSA) is 48.7 Å². The molecular formula is C11H6Br2ClN3S. The largest absolute Gasteiger partial charge is 0.378 e. The Morgan fingerprint density at radius 2 is 2.22 bits per heavy atom. The second-order valence-corrected chi connectivity index (χ2v) is 6.82. The lowest BCUT2D eigenvalue weighted by Crippen LogP contribution is -2.00. The van der Waals surface area contributed by atoms with E-state index in [9.17, 15) is 0 Å². The number of benzene rings is 1. The Hall–Kier alpha value is -0.610. The van der Waals surface area contributed by atoms with Crippen molar-refractivity contribution in [2.75, 3.05) is 5.32 Å². The summed E-state index contributed by atoms with van der Waals surface area (Å²) in [5, 5.41) is 12.3. The third kappa shape index (κ3) is 3.23. The van der Waals surface area contributed by atoms with Crippen LogP contribution in [0.5, 0.6) is 0 Å². The molecule has 0 aliphatic heterocycles. The number of nitrogens with zero attached hydrogens (tertiary/aromatic N) is 2. The summed E-state index contributed by atoms with van der Waals surface area (Å²) in [5.74, 6) is 0. The minimum Gasteiger partial charge on any atom is -0.378 e. The number of nitriles is 1. The molecule has 1 N–H and O–H groups in total. The average molecular weight is 408 g/mol. The Morgan fingerprint density at radius 3 is 2.83 bits per heavy atom. The quantitative estimate of drug-likeness (QED) is 0.795. The number of anilines is 1. The average Bonchev–Trinajstić information content (AvgIpc) is 2.73. The van der Waals surface area contributed by atoms with Gasteiger partial charge in [-0.3, -0.25) is 0 Å². The van der Waals surface area contributed by atoms with Crippen LogP contribution in [0.15, 0.2) is 27.3 Å². The molecule has 0 aliphatic carbocycles. The SMILES string of the molecule is N#Cc1cc(Br)cc(Br)c1NCc1cnc(Cl)s1. The second kappa shape index (κ2) is 6.02. The van der Waals surface area contributed by atoms with Gasteiger partial charge in [0.25, 0.3) is 0 Å². The molecule has 0 unspecified atom stereocenters. The fraction of sp³-hybridized carbons (Fsp3) is 0.0909. The van der Waals surface area contributed by atoms with Crippen molar-refractivity contribution in [3.05, 3.63) is 42.2 Å². The molecule has 0 aliphatic rings. The number of aromatic nitrogens is 1. The zero-order valence-corrected chi connectivity index (χ0v) is 13.6. The molecule has 0 spiro atoms. The molecule has 2 rings (SSSR count). The molecule has 92 valence electrons. The van der Waals surface area contributed by atoms with Crippen LogP contribution in [0, 0.1) is 11.3 Å². The number of hydrogen-bond donors (Lipinski definition) is 1. The Kier molecular flexibility index (Phi) is 4.62. The Morgan fingerprint density at radius 1 is 1.44 bits per heavy atom. The first-order chi connectivity index (χ1) is 8.60. The molecule has 1 aromatic heterocycles. The number of thiazole rings is 1. The molecule has 1 aromatic carbocycles. The van der Waals surface area contributed by atoms with E-state index in [0.29, 0.717) is 16.6 Å². The third-order valence-electron chi connectivity index (χ3n) is 2.14. The van der Waals surface area contributed by atoms with Crippen molar-refractivity contribution in [2.24, 2.45) is 0 Å². The molecule has 0 radical (unpaired) electrons. The van der Waals surface area contributed by atoms with Crippen LogP contribution >= 0.6 is 54.8 Å². The lowest BCUT2D eigenvalue weighted by molar-refractivity contribution is 1.16. The Labute approximate surface area is 130 Å². The van der Waals surface area contributed by atoms with Crippen molar-refractivity contribution in [2.45, 2.75) is 6.54 Å². The van der Waals surface area contributed by atoms with Gasteiger partial charge in [0.1, 0.15) is 6.07 Å². The summed E-state index contributed by atoms with van der Waals surface area (Å²) in [7, 11) is 0. The highest BCUT2D eigenvalue weighted by Gasteiger charge is 2.09. The Bertz CT molecular complexity index is 621. The smallest absolute Gasteiger partial charge is 0.183 e. The van der Waals surface area contributed by atoms with E-state index in [1.165, 1.54) is 11.3 Å². The summed E-state index contributed by atoms with van der Waals surface area (Å²) in [4.78, 5) is 4.98. The van der Waals surface area contributed by atoms with Gasteiger partial charge in [0.2, 0.25) is 0 Å². The van der Waals surface area contributed by atoms with E-state index in [4.69, 9.17) is 16.9 Å². The molecule has 1 heterocycles. The van der Waals surface area contributed by atoms with Gasteiger partial charge in [-0.2, -0.15) is 5.26 Å². The highest BCUT2D eigenvalue weighted by atomic mass is 79.9. The zero-order valence-electron chi connectivity index (χ0n) is 8.88. The standard InChI is InChI=1S/C11H6Br2ClN3S/c12-7-1-6(3-15)10(9(13)2-7)16-4-8-5-17-11(14)18-8/h1-2,5,16H,4H2. The molecule has 0 saturated heterocycles. The van der Waals surface area contributed by atoms with Crippen LogP contribution in [-0.4, -0.2) is 4.98 Å². The van der Waals surface area contributed by atoms with E-state index in [0.717, 1.165) is 19.5 Å². The second-order valence-electron chi connectivity index (χ2n) is 3.36. The molecule has 18 heavy (non-hydrogen) atoms. The van der Waals surface area contributed by atoms with Gasteiger partial charge in [0.05, 0.1) is 17.8 Å². The lowest BCUT2D eigenvalue weighted by atomic mass is 10.2. The summed E-state index contributed by atoms with van der Waals surface area (Å²) in [6.07, 6.45) is 1.72. The summed E-state index contributed by atoms with van der Waals surface area (Å²) < 4.78 is 2.21. The van der Waals surface area contributed by atoms with Crippen LogP contribution in [0.3, 0.4) is 0 Å². The molecular weight excluding hydrogens is 401 g/mol. The van der Waals surface area contributed by atoms with E-state index < -0.39 is 0 Å². The van der Waals surface area contributed by atoms with Crippen molar-refractivity contribution >= 4 is 60.5 Å². The van der Waals surface area contributed by atoms with Crippen molar-refractivity contribution in [1.82, 2.24) is 4.98 Å². The van der Waals surface area contributed by atoms with Crippen molar-refractivity contribution in [1.29, 1.82) is 5.26 Å². The van der Waals surface area contributed by atoms with Gasteiger partial charge in [-0.05, 0) is 28.1 Å². The van der Waals surface area contributed by atoms with Crippen LogP contribution in [0.25, 0.3) is 0 Å². The summed E-state index contributed by atoms with van der Waals surface area (Å²) in [6, 6.07) is 5.82. The fourth-order valence-electron chi connectivity index (χ4n) is 1.38. The van der Waals surface area contributed by atoms with Gasteiger partial charge < -0.3 is 5.32 Å². The van der Waals surface area contributed by atoms with E-state index in [2.05, 4.69) is 48.2 Å². The number of rotatable bonds is 3. The lowest BCUT2D eigenvalue weighted by Gasteiger charge is -2.09. The molecule has 0 atom stereocenters. The van der Waals surface area contributed by atoms with Gasteiger partial charge in [-0.25, -0.2) is 4.98 Å². The highest BCUT2D eigenvalue weighted by molar-refractivity contribution is 9.11. The van der Waals surface area contributed by atoms with E-state index >= 15 is 0 Å². The summed E-state index contributed by atoms with van der Waals surface area (Å²) in [6.45, 7) is 0.583. The number of halogens is 3. The van der Waals surface area contributed by atoms with Gasteiger partial charge in [-0.15, -0.1) is 11.3 Å². The normalized spacial score (nSPS) is 10.1. The van der Waals surface area contributed by atoms with Crippen LogP contribution in [0.1, 0.15) is 10.4 Å². The number of nitrogens with one attached hydrogen (secondary N) is 1. The van der Waals surface area contributed by atoms with E-state index in [-0.39, 0.29) is 0 Å². The maximum atomic E-state index is 9.11. The molecule has 0 saturated carbocycles. The first-order valence-electron chi connectivity index (χ1n) is 4.83.